The molecular formula is C36H41FN6O5S. The first kappa shape index (κ1) is 33.4. The molecule has 1 spiro atoms. The number of aliphatic hydroxyl groups excluding tert-OH is 1. The molecule has 2 aromatic heterocycles. The molecule has 0 saturated carbocycles. The van der Waals surface area contributed by atoms with Crippen LogP contribution in [0.25, 0.3) is 21.3 Å². The second kappa shape index (κ2) is 14.4. The summed E-state index contributed by atoms with van der Waals surface area (Å²) in [7, 11) is 0. The summed E-state index contributed by atoms with van der Waals surface area (Å²) in [6.07, 6.45) is 2.29. The van der Waals surface area contributed by atoms with Gasteiger partial charge >= 0.3 is 4.87 Å². The molecule has 2 saturated heterocycles. The molecule has 0 bridgehead atoms. The average Bonchev–Trinajstić information content (AvgIpc) is 3.70. The number of fused-ring (bicyclic) bond motifs is 2. The van der Waals surface area contributed by atoms with E-state index >= 15 is 0 Å². The van der Waals surface area contributed by atoms with E-state index in [9.17, 15) is 24.2 Å². The lowest BCUT2D eigenvalue weighted by atomic mass is 9.89. The Bertz CT molecular complexity index is 1970. The maximum atomic E-state index is 14.7. The van der Waals surface area contributed by atoms with Gasteiger partial charge in [-0.1, -0.05) is 35.6 Å². The highest BCUT2D eigenvalue weighted by Gasteiger charge is 2.40. The SMILES string of the molecule is O=C(CCc1nc2ccccc2[nH]1)N1CCOC2(CCN(Cc3cc(F)cc(CCNCC(O)c4ccc(O)c5[nH]c(=O)sc45)c3)CC2)C1. The van der Waals surface area contributed by atoms with Crippen LogP contribution in [0.3, 0.4) is 0 Å². The maximum Gasteiger partial charge on any atom is 0.305 e. The van der Waals surface area contributed by atoms with E-state index < -0.39 is 6.10 Å². The summed E-state index contributed by atoms with van der Waals surface area (Å²) in [5.74, 6) is 0.642. The molecule has 3 aromatic carbocycles. The number of amides is 1. The van der Waals surface area contributed by atoms with Crippen LogP contribution in [-0.4, -0.2) is 92.3 Å². The van der Waals surface area contributed by atoms with Gasteiger partial charge in [0.1, 0.15) is 22.9 Å². The van der Waals surface area contributed by atoms with E-state index in [4.69, 9.17) is 4.74 Å². The van der Waals surface area contributed by atoms with Crippen molar-refractivity contribution in [1.29, 1.82) is 0 Å². The van der Waals surface area contributed by atoms with E-state index in [-0.39, 0.29) is 34.5 Å². The van der Waals surface area contributed by atoms with Crippen LogP contribution in [0.5, 0.6) is 5.75 Å². The molecule has 4 heterocycles. The van der Waals surface area contributed by atoms with Crippen LogP contribution in [0, 0.1) is 5.82 Å². The molecule has 258 valence electrons. The summed E-state index contributed by atoms with van der Waals surface area (Å²) >= 11 is 0.953. The Morgan fingerprint density at radius 2 is 1.90 bits per heavy atom. The number of aryl methyl sites for hydroxylation is 1. The zero-order chi connectivity index (χ0) is 34.0. The molecule has 13 heteroatoms. The molecule has 7 rings (SSSR count). The number of likely N-dealkylation sites (tertiary alicyclic amines) is 1. The van der Waals surface area contributed by atoms with E-state index in [2.05, 4.69) is 25.2 Å². The number of carbonyl (C=O) groups is 1. The number of morpholine rings is 1. The number of aromatic hydroxyl groups is 1. The number of imidazole rings is 1. The van der Waals surface area contributed by atoms with Gasteiger partial charge < -0.3 is 35.1 Å². The van der Waals surface area contributed by atoms with Gasteiger partial charge in [0, 0.05) is 57.7 Å². The monoisotopic (exact) mass is 688 g/mol. The number of nitrogens with one attached hydrogen (secondary N) is 3. The fraction of sp³-hybridized carbons (Fsp3) is 0.417. The minimum Gasteiger partial charge on any atom is -0.506 e. The molecule has 5 aromatic rings. The lowest BCUT2D eigenvalue weighted by Gasteiger charge is -2.47. The average molecular weight is 689 g/mol. The number of halogens is 1. The number of hydrogen-bond acceptors (Lipinski definition) is 9. The zero-order valence-electron chi connectivity index (χ0n) is 27.2. The number of H-pyrrole nitrogens is 2. The number of phenols is 1. The predicted molar refractivity (Wildman–Crippen MR) is 186 cm³/mol. The third-order valence-corrected chi connectivity index (χ3v) is 10.6. The van der Waals surface area contributed by atoms with Crippen molar-refractivity contribution in [2.75, 3.05) is 45.9 Å². The van der Waals surface area contributed by atoms with Gasteiger partial charge in [0.05, 0.1) is 34.0 Å². The highest BCUT2D eigenvalue weighted by molar-refractivity contribution is 7.16. The van der Waals surface area contributed by atoms with E-state index in [1.165, 1.54) is 6.07 Å². The normalized spacial score (nSPS) is 17.3. The lowest BCUT2D eigenvalue weighted by molar-refractivity contribution is -0.159. The number of phenolic OH excluding ortho intramolecular Hbond substituents is 1. The number of aromatic amines is 2. The van der Waals surface area contributed by atoms with Crippen molar-refractivity contribution in [3.05, 3.63) is 92.6 Å². The molecule has 49 heavy (non-hydrogen) atoms. The largest absolute Gasteiger partial charge is 0.506 e. The Hall–Kier alpha value is -4.14. The smallest absolute Gasteiger partial charge is 0.305 e. The summed E-state index contributed by atoms with van der Waals surface area (Å²) in [6, 6.07) is 16.1. The summed E-state index contributed by atoms with van der Waals surface area (Å²) in [6.45, 7) is 4.72. The second-order valence-electron chi connectivity index (χ2n) is 13.2. The zero-order valence-corrected chi connectivity index (χ0v) is 28.0. The first-order valence-electron chi connectivity index (χ1n) is 16.8. The van der Waals surface area contributed by atoms with Gasteiger partial charge in [-0.2, -0.15) is 0 Å². The summed E-state index contributed by atoms with van der Waals surface area (Å²) in [5, 5.41) is 24.0. The fourth-order valence-electron chi connectivity index (χ4n) is 7.08. The lowest BCUT2D eigenvalue weighted by Crippen LogP contribution is -2.57. The fourth-order valence-corrected chi connectivity index (χ4v) is 8.00. The third-order valence-electron chi connectivity index (χ3n) is 9.68. The molecule has 2 fully saturated rings. The van der Waals surface area contributed by atoms with Gasteiger partial charge in [-0.15, -0.1) is 0 Å². The molecule has 2 aliphatic rings. The number of benzene rings is 3. The van der Waals surface area contributed by atoms with Crippen molar-refractivity contribution < 1.29 is 24.1 Å². The number of aromatic nitrogens is 3. The number of aliphatic hydroxyl groups is 1. The highest BCUT2D eigenvalue weighted by atomic mass is 32.1. The van der Waals surface area contributed by atoms with Crippen LogP contribution in [0.4, 0.5) is 4.39 Å². The van der Waals surface area contributed by atoms with Gasteiger partial charge in [-0.05, 0) is 67.3 Å². The van der Waals surface area contributed by atoms with E-state index in [1.54, 1.807) is 18.2 Å². The number of para-hydroxylation sites is 2. The number of rotatable bonds is 11. The summed E-state index contributed by atoms with van der Waals surface area (Å²) < 4.78 is 21.5. The van der Waals surface area contributed by atoms with Crippen LogP contribution in [-0.2, 0) is 28.9 Å². The molecular weight excluding hydrogens is 647 g/mol. The molecule has 5 N–H and O–H groups in total. The standard InChI is InChI=1S/C36H41FN6O5S/c37-25-18-23(9-12-38-20-30(45)26-5-6-29(44)33-34(26)49-35(47)41-33)17-24(19-25)21-42-13-10-36(11-14-42)22-43(15-16-48-36)32(46)8-7-31-39-27-3-1-2-4-28(27)40-31/h1-6,17-19,30,38,44-45H,7-16,20-22H2,(H,39,40)(H,41,47). The van der Waals surface area contributed by atoms with Crippen LogP contribution in [0.1, 0.15) is 47.9 Å². The van der Waals surface area contributed by atoms with E-state index in [1.807, 2.05) is 35.2 Å². The Labute approximate surface area is 286 Å². The van der Waals surface area contributed by atoms with E-state index in [0.717, 1.165) is 65.3 Å². The van der Waals surface area contributed by atoms with E-state index in [0.29, 0.717) is 67.8 Å². The van der Waals surface area contributed by atoms with Gasteiger partial charge in [-0.3, -0.25) is 14.5 Å². The van der Waals surface area contributed by atoms with Crippen LogP contribution in [0.15, 0.2) is 59.4 Å². The van der Waals surface area contributed by atoms with Crippen molar-refractivity contribution in [3.8, 4) is 5.75 Å². The van der Waals surface area contributed by atoms with Gasteiger partial charge in [0.25, 0.3) is 0 Å². The van der Waals surface area contributed by atoms with Gasteiger partial charge in [0.15, 0.2) is 0 Å². The Balaban J connectivity index is 0.872. The number of carbonyl (C=O) groups excluding carboxylic acids is 1. The van der Waals surface area contributed by atoms with Crippen LogP contribution in [0.2, 0.25) is 0 Å². The Morgan fingerprint density at radius 1 is 1.08 bits per heavy atom. The maximum absolute atomic E-state index is 14.7. The first-order valence-corrected chi connectivity index (χ1v) is 17.6. The first-order chi connectivity index (χ1) is 23.7. The highest BCUT2D eigenvalue weighted by Crippen LogP contribution is 2.32. The summed E-state index contributed by atoms with van der Waals surface area (Å²) in [5.41, 5.74) is 4.22. The molecule has 1 amide bonds. The van der Waals surface area contributed by atoms with Crippen LogP contribution >= 0.6 is 11.3 Å². The number of piperidine rings is 1. The summed E-state index contributed by atoms with van der Waals surface area (Å²) in [4.78, 5) is 39.5. The Morgan fingerprint density at radius 3 is 2.73 bits per heavy atom. The molecule has 0 aliphatic carbocycles. The number of ether oxygens (including phenoxy) is 1. The van der Waals surface area contributed by atoms with Crippen molar-refractivity contribution in [2.45, 2.75) is 50.4 Å². The van der Waals surface area contributed by atoms with Crippen molar-refractivity contribution >= 4 is 38.5 Å². The van der Waals surface area contributed by atoms with Crippen molar-refractivity contribution in [3.63, 3.8) is 0 Å². The van der Waals surface area contributed by atoms with Gasteiger partial charge in [0.2, 0.25) is 5.91 Å². The van der Waals surface area contributed by atoms with Crippen molar-refractivity contribution in [1.82, 2.24) is 30.1 Å². The topological polar surface area (TPSA) is 147 Å². The Kier molecular flexibility index (Phi) is 9.79. The molecule has 11 nitrogen and oxygen atoms in total. The molecule has 0 radical (unpaired) electrons. The number of nitrogens with zero attached hydrogens (tertiary/aromatic N) is 3. The van der Waals surface area contributed by atoms with Gasteiger partial charge in [-0.25, -0.2) is 9.37 Å². The van der Waals surface area contributed by atoms with Crippen molar-refractivity contribution in [2.24, 2.45) is 0 Å². The minimum absolute atomic E-state index is 0.0318. The molecule has 2 aliphatic heterocycles. The second-order valence-corrected chi connectivity index (χ2v) is 14.1. The quantitative estimate of drug-likeness (QED) is 0.131. The molecule has 1 unspecified atom stereocenters. The minimum atomic E-state index is -0.874. The number of thiazole rings is 1. The molecule has 1 atom stereocenters. The van der Waals surface area contributed by atoms with Crippen LogP contribution < -0.4 is 10.2 Å². The number of hydrogen-bond donors (Lipinski definition) is 5. The third kappa shape index (κ3) is 7.71. The predicted octanol–water partition coefficient (Wildman–Crippen LogP) is 4.00.